The number of nitrogens with one attached hydrogen (secondary N) is 1. The van der Waals surface area contributed by atoms with Crippen molar-refractivity contribution in [3.63, 3.8) is 0 Å². The largest absolute Gasteiger partial charge is 0.507 e. The molecule has 2 heterocycles. The van der Waals surface area contributed by atoms with Crippen molar-refractivity contribution >= 4 is 50.0 Å². The number of likely N-dealkylation sites (tertiary alicyclic amines) is 1. The summed E-state index contributed by atoms with van der Waals surface area (Å²) in [6, 6.07) is 17.0. The number of benzene rings is 3. The van der Waals surface area contributed by atoms with Crippen LogP contribution in [0.15, 0.2) is 83.0 Å². The SMILES string of the molecule is COc1ccc2[nH]cc(CCN3C(=O)C(=O)C(=C(O)c4ccc(Br)cc4)[C@@H]3c3ccccc3[N+](=O)[O-])c2c1. The molecule has 1 atom stereocenters. The number of aromatic amines is 1. The number of fused-ring (bicyclic) bond motifs is 1. The minimum atomic E-state index is -1.14. The number of halogens is 1. The second-order valence-corrected chi connectivity index (χ2v) is 9.71. The van der Waals surface area contributed by atoms with Crippen LogP contribution < -0.4 is 4.74 Å². The van der Waals surface area contributed by atoms with Gasteiger partial charge in [0.25, 0.3) is 17.4 Å². The molecule has 1 aliphatic rings. The number of aromatic nitrogens is 1. The molecule has 4 aromatic rings. The van der Waals surface area contributed by atoms with Crippen molar-refractivity contribution in [2.24, 2.45) is 0 Å². The van der Waals surface area contributed by atoms with Gasteiger partial charge in [-0.25, -0.2) is 0 Å². The number of hydrogen-bond acceptors (Lipinski definition) is 6. The van der Waals surface area contributed by atoms with Crippen LogP contribution in [0.4, 0.5) is 5.69 Å². The van der Waals surface area contributed by atoms with Crippen LogP contribution in [-0.2, 0) is 16.0 Å². The summed E-state index contributed by atoms with van der Waals surface area (Å²) in [6.07, 6.45) is 2.18. The number of nitro benzene ring substituents is 1. The summed E-state index contributed by atoms with van der Waals surface area (Å²) in [5.41, 5.74) is 1.80. The molecule has 0 unspecified atom stereocenters. The molecule has 0 saturated carbocycles. The molecule has 10 heteroatoms. The fraction of sp³-hybridized carbons (Fsp3) is 0.143. The van der Waals surface area contributed by atoms with Crippen LogP contribution in [0.5, 0.6) is 5.75 Å². The normalized spacial score (nSPS) is 16.8. The Morgan fingerprint density at radius 3 is 2.58 bits per heavy atom. The quantitative estimate of drug-likeness (QED) is 0.0983. The van der Waals surface area contributed by atoms with Crippen molar-refractivity contribution in [2.45, 2.75) is 12.5 Å². The summed E-state index contributed by atoms with van der Waals surface area (Å²) in [5, 5.41) is 24.0. The van der Waals surface area contributed by atoms with Crippen molar-refractivity contribution in [2.75, 3.05) is 13.7 Å². The fourth-order valence-electron chi connectivity index (χ4n) is 4.81. The average molecular weight is 576 g/mol. The van der Waals surface area contributed by atoms with E-state index in [9.17, 15) is 24.8 Å². The number of para-hydroxylation sites is 1. The zero-order valence-corrected chi connectivity index (χ0v) is 21.8. The van der Waals surface area contributed by atoms with Crippen molar-refractivity contribution in [3.05, 3.63) is 110 Å². The van der Waals surface area contributed by atoms with Gasteiger partial charge in [0.05, 0.1) is 29.2 Å². The lowest BCUT2D eigenvalue weighted by atomic mass is 9.94. The molecule has 5 rings (SSSR count). The molecule has 1 aliphatic heterocycles. The monoisotopic (exact) mass is 575 g/mol. The Morgan fingerprint density at radius 1 is 1.13 bits per heavy atom. The third-order valence-electron chi connectivity index (χ3n) is 6.68. The Kier molecular flexibility index (Phi) is 6.73. The Hall–Kier alpha value is -4.44. The van der Waals surface area contributed by atoms with E-state index < -0.39 is 28.4 Å². The Labute approximate surface area is 225 Å². The van der Waals surface area contributed by atoms with Gasteiger partial charge in [-0.1, -0.05) is 40.2 Å². The first-order valence-corrected chi connectivity index (χ1v) is 12.5. The highest BCUT2D eigenvalue weighted by molar-refractivity contribution is 9.10. The van der Waals surface area contributed by atoms with Gasteiger partial charge >= 0.3 is 0 Å². The molecule has 2 N–H and O–H groups in total. The number of rotatable bonds is 7. The number of ketones is 1. The standard InChI is InChI=1S/C28H22BrN3O6/c1-38-19-10-11-22-21(14-19)17(15-30-22)12-13-31-25(20-4-2-3-5-23(20)32(36)37)24(27(34)28(31)35)26(33)16-6-8-18(29)9-7-16/h2-11,14-15,25,30,33H,12-13H2,1H3/t25-/m0/s1. The van der Waals surface area contributed by atoms with E-state index in [1.54, 1.807) is 37.4 Å². The Morgan fingerprint density at radius 2 is 1.87 bits per heavy atom. The number of carbonyl (C=O) groups excluding carboxylic acids is 2. The van der Waals surface area contributed by atoms with E-state index in [0.29, 0.717) is 17.7 Å². The first kappa shape index (κ1) is 25.2. The lowest BCUT2D eigenvalue weighted by molar-refractivity contribution is -0.385. The minimum Gasteiger partial charge on any atom is -0.507 e. The maximum atomic E-state index is 13.3. The third kappa shape index (κ3) is 4.43. The Bertz CT molecular complexity index is 1610. The Balaban J connectivity index is 1.60. The third-order valence-corrected chi connectivity index (χ3v) is 7.21. The fourth-order valence-corrected chi connectivity index (χ4v) is 5.08. The molecule has 0 aliphatic carbocycles. The van der Waals surface area contributed by atoms with E-state index in [4.69, 9.17) is 4.74 Å². The van der Waals surface area contributed by atoms with Crippen LogP contribution in [-0.4, -0.2) is 45.3 Å². The minimum absolute atomic E-state index is 0.0859. The van der Waals surface area contributed by atoms with Gasteiger partial charge in [-0.3, -0.25) is 19.7 Å². The van der Waals surface area contributed by atoms with E-state index in [1.807, 2.05) is 24.4 Å². The topological polar surface area (TPSA) is 126 Å². The van der Waals surface area contributed by atoms with Crippen molar-refractivity contribution < 1.29 is 24.4 Å². The maximum Gasteiger partial charge on any atom is 0.295 e. The summed E-state index contributed by atoms with van der Waals surface area (Å²) in [6.45, 7) is 0.0859. The summed E-state index contributed by atoms with van der Waals surface area (Å²) < 4.78 is 6.10. The van der Waals surface area contributed by atoms with Gasteiger partial charge in [-0.05, 0) is 48.4 Å². The average Bonchev–Trinajstić information content (AvgIpc) is 3.44. The molecule has 1 amide bonds. The van der Waals surface area contributed by atoms with Crippen LogP contribution in [0.2, 0.25) is 0 Å². The highest BCUT2D eigenvalue weighted by Crippen LogP contribution is 2.42. The predicted octanol–water partition coefficient (Wildman–Crippen LogP) is 5.51. The number of aliphatic hydroxyl groups is 1. The van der Waals surface area contributed by atoms with Gasteiger partial charge in [0.15, 0.2) is 0 Å². The molecule has 0 radical (unpaired) electrons. The highest BCUT2D eigenvalue weighted by atomic mass is 79.9. The number of aliphatic hydroxyl groups excluding tert-OH is 1. The molecule has 0 bridgehead atoms. The number of Topliss-reactive ketones (excluding diaryl/α,β-unsaturated/α-hetero) is 1. The first-order valence-electron chi connectivity index (χ1n) is 11.7. The molecule has 1 aromatic heterocycles. The van der Waals surface area contributed by atoms with Crippen molar-refractivity contribution in [1.82, 2.24) is 9.88 Å². The van der Waals surface area contributed by atoms with E-state index in [0.717, 1.165) is 20.9 Å². The lowest BCUT2D eigenvalue weighted by Crippen LogP contribution is -2.32. The number of methoxy groups -OCH3 is 1. The molecule has 0 spiro atoms. The molecule has 192 valence electrons. The van der Waals surface area contributed by atoms with Crippen LogP contribution in [0.3, 0.4) is 0 Å². The van der Waals surface area contributed by atoms with Crippen LogP contribution in [0.1, 0.15) is 22.7 Å². The van der Waals surface area contributed by atoms with E-state index in [1.165, 1.54) is 23.1 Å². The van der Waals surface area contributed by atoms with E-state index in [2.05, 4.69) is 20.9 Å². The van der Waals surface area contributed by atoms with Crippen molar-refractivity contribution in [3.8, 4) is 5.75 Å². The molecular formula is C28H22BrN3O6. The second kappa shape index (κ2) is 10.1. The summed E-state index contributed by atoms with van der Waals surface area (Å²) in [5.74, 6) is -1.44. The van der Waals surface area contributed by atoms with E-state index in [-0.39, 0.29) is 23.4 Å². The molecule has 3 aromatic carbocycles. The lowest BCUT2D eigenvalue weighted by Gasteiger charge is -2.25. The smallest absolute Gasteiger partial charge is 0.295 e. The van der Waals surface area contributed by atoms with Crippen LogP contribution in [0, 0.1) is 10.1 Å². The molecular weight excluding hydrogens is 554 g/mol. The summed E-state index contributed by atoms with van der Waals surface area (Å²) >= 11 is 3.34. The number of amides is 1. The highest BCUT2D eigenvalue weighted by Gasteiger charge is 2.47. The maximum absolute atomic E-state index is 13.3. The van der Waals surface area contributed by atoms with Crippen molar-refractivity contribution in [1.29, 1.82) is 0 Å². The molecule has 1 fully saturated rings. The second-order valence-electron chi connectivity index (χ2n) is 8.79. The van der Waals surface area contributed by atoms with Gasteiger partial charge in [0.2, 0.25) is 0 Å². The number of hydrogen-bond donors (Lipinski definition) is 2. The molecule has 1 saturated heterocycles. The first-order chi connectivity index (χ1) is 18.3. The summed E-state index contributed by atoms with van der Waals surface area (Å²) in [4.78, 5) is 42.5. The number of nitro groups is 1. The van der Waals surface area contributed by atoms with Gasteiger partial charge in [-0.2, -0.15) is 0 Å². The van der Waals surface area contributed by atoms with E-state index >= 15 is 0 Å². The van der Waals surface area contributed by atoms with Crippen LogP contribution in [0.25, 0.3) is 16.7 Å². The van der Waals surface area contributed by atoms with Crippen LogP contribution >= 0.6 is 15.9 Å². The van der Waals surface area contributed by atoms with Gasteiger partial charge in [-0.15, -0.1) is 0 Å². The zero-order valence-electron chi connectivity index (χ0n) is 20.2. The van der Waals surface area contributed by atoms with Gasteiger partial charge < -0.3 is 19.7 Å². The van der Waals surface area contributed by atoms with Gasteiger partial charge in [0.1, 0.15) is 11.5 Å². The van der Waals surface area contributed by atoms with Gasteiger partial charge in [0, 0.05) is 39.7 Å². The number of H-pyrrole nitrogens is 1. The molecule has 38 heavy (non-hydrogen) atoms. The summed E-state index contributed by atoms with van der Waals surface area (Å²) in [7, 11) is 1.57. The predicted molar refractivity (Wildman–Crippen MR) is 145 cm³/mol. The number of nitrogens with zero attached hydrogens (tertiary/aromatic N) is 2. The molecule has 9 nitrogen and oxygen atoms in total. The zero-order chi connectivity index (χ0) is 27.0. The number of carbonyl (C=O) groups is 2. The number of ether oxygens (including phenoxy) is 1.